The number of aryl methyl sites for hydroxylation is 1. The Morgan fingerprint density at radius 3 is 2.53 bits per heavy atom. The van der Waals surface area contributed by atoms with Crippen LogP contribution < -0.4 is 10.9 Å². The zero-order chi connectivity index (χ0) is 30.9. The Morgan fingerprint density at radius 1 is 1.14 bits per heavy atom. The van der Waals surface area contributed by atoms with Crippen molar-refractivity contribution in [3.05, 3.63) is 63.9 Å². The van der Waals surface area contributed by atoms with Crippen LogP contribution in [0.3, 0.4) is 0 Å². The Hall–Kier alpha value is -3.78. The summed E-state index contributed by atoms with van der Waals surface area (Å²) in [6, 6.07) is 6.54. The van der Waals surface area contributed by atoms with Crippen LogP contribution in [-0.4, -0.2) is 72.2 Å². The Balaban J connectivity index is 1.46. The Morgan fingerprint density at radius 2 is 1.88 bits per heavy atom. The fraction of sp³-hybridized carbons (Fsp3) is 0.379. The smallest absolute Gasteiger partial charge is 0.408 e. The molecule has 4 aromatic rings. The summed E-state index contributed by atoms with van der Waals surface area (Å²) in [6.07, 6.45) is 4.89. The average molecular weight is 627 g/mol. The van der Waals surface area contributed by atoms with Gasteiger partial charge in [0.2, 0.25) is 5.16 Å². The molecule has 0 aliphatic carbocycles. The van der Waals surface area contributed by atoms with E-state index in [1.165, 1.54) is 17.0 Å². The number of carbonyl (C=O) groups excluding carboxylic acids is 1. The molecule has 1 saturated heterocycles. The number of aromatic nitrogens is 5. The normalized spacial score (nSPS) is 17.9. The molecule has 1 N–H and O–H groups in total. The van der Waals surface area contributed by atoms with Crippen molar-refractivity contribution in [1.29, 1.82) is 0 Å². The van der Waals surface area contributed by atoms with Gasteiger partial charge in [0.1, 0.15) is 11.2 Å². The maximum atomic E-state index is 14.0. The third-order valence-corrected chi connectivity index (χ3v) is 7.41. The number of alkyl carbamates (subject to hydrolysis) is 1. The van der Waals surface area contributed by atoms with Crippen molar-refractivity contribution in [2.75, 3.05) is 19.5 Å². The van der Waals surface area contributed by atoms with E-state index in [1.807, 2.05) is 13.0 Å². The lowest BCUT2D eigenvalue weighted by Gasteiger charge is -2.31. The summed E-state index contributed by atoms with van der Waals surface area (Å²) in [6.45, 7) is 7.43. The molecule has 226 valence electrons. The second-order valence-electron chi connectivity index (χ2n) is 11.0. The summed E-state index contributed by atoms with van der Waals surface area (Å²) in [5.41, 5.74) is 2.23. The van der Waals surface area contributed by atoms with Gasteiger partial charge in [-0.3, -0.25) is 18.6 Å². The third kappa shape index (κ3) is 7.24. The van der Waals surface area contributed by atoms with Crippen molar-refractivity contribution in [2.45, 2.75) is 57.3 Å². The SMILES string of the molecule is Cc1cncc(-c2ccc(-c3cc4cnc(S(C)=O)nc4n(CC4OCC(NC(=O)OC(C)(C)C)CO4)c3=O)c(Cl)c2)n1. The van der Waals surface area contributed by atoms with Gasteiger partial charge in [0, 0.05) is 45.7 Å². The molecule has 1 fully saturated rings. The first-order valence-electron chi connectivity index (χ1n) is 13.4. The number of hydrogen-bond donors (Lipinski definition) is 1. The quantitative estimate of drug-likeness (QED) is 0.313. The first-order valence-corrected chi connectivity index (χ1v) is 15.4. The van der Waals surface area contributed by atoms with Gasteiger partial charge in [-0.1, -0.05) is 23.7 Å². The lowest BCUT2D eigenvalue weighted by Crippen LogP contribution is -2.49. The highest BCUT2D eigenvalue weighted by molar-refractivity contribution is 7.84. The molecule has 12 nitrogen and oxygen atoms in total. The number of halogens is 1. The van der Waals surface area contributed by atoms with Crippen LogP contribution in [0, 0.1) is 6.92 Å². The fourth-order valence-electron chi connectivity index (χ4n) is 4.49. The van der Waals surface area contributed by atoms with E-state index < -0.39 is 40.4 Å². The van der Waals surface area contributed by atoms with E-state index in [-0.39, 0.29) is 30.6 Å². The van der Waals surface area contributed by atoms with Crippen molar-refractivity contribution >= 4 is 39.5 Å². The van der Waals surface area contributed by atoms with Crippen molar-refractivity contribution < 1.29 is 23.2 Å². The van der Waals surface area contributed by atoms with Gasteiger partial charge in [0.25, 0.3) is 5.56 Å². The molecule has 0 saturated carbocycles. The number of ether oxygens (including phenoxy) is 3. The molecule has 4 heterocycles. The van der Waals surface area contributed by atoms with Crippen LogP contribution in [0.5, 0.6) is 0 Å². The fourth-order valence-corrected chi connectivity index (χ4v) is 5.19. The van der Waals surface area contributed by atoms with E-state index in [4.69, 9.17) is 25.8 Å². The van der Waals surface area contributed by atoms with Gasteiger partial charge in [-0.25, -0.2) is 19.7 Å². The molecule has 0 bridgehead atoms. The highest BCUT2D eigenvalue weighted by Gasteiger charge is 2.27. The monoisotopic (exact) mass is 626 g/mol. The molecule has 1 atom stereocenters. The van der Waals surface area contributed by atoms with Crippen LogP contribution in [0.2, 0.25) is 5.02 Å². The zero-order valence-corrected chi connectivity index (χ0v) is 25.9. The molecular weight excluding hydrogens is 596 g/mol. The van der Waals surface area contributed by atoms with Gasteiger partial charge in [0.15, 0.2) is 6.29 Å². The van der Waals surface area contributed by atoms with Gasteiger partial charge >= 0.3 is 6.09 Å². The van der Waals surface area contributed by atoms with E-state index in [0.717, 1.165) is 11.3 Å². The van der Waals surface area contributed by atoms with Crippen molar-refractivity contribution in [2.24, 2.45) is 0 Å². The van der Waals surface area contributed by atoms with Gasteiger partial charge < -0.3 is 19.5 Å². The molecular formula is C29H31ClN6O6S. The molecule has 14 heteroatoms. The number of benzene rings is 1. The number of carbonyl (C=O) groups is 1. The minimum atomic E-state index is -1.48. The molecule has 1 unspecified atom stereocenters. The topological polar surface area (TPSA) is 147 Å². The Bertz CT molecular complexity index is 1770. The van der Waals surface area contributed by atoms with E-state index in [2.05, 4.69) is 25.3 Å². The maximum absolute atomic E-state index is 14.0. The van der Waals surface area contributed by atoms with Gasteiger partial charge in [-0.2, -0.15) is 0 Å². The highest BCUT2D eigenvalue weighted by atomic mass is 35.5. The number of nitrogens with one attached hydrogen (secondary N) is 1. The summed E-state index contributed by atoms with van der Waals surface area (Å²) in [7, 11) is -1.48. The Kier molecular flexibility index (Phi) is 8.88. The largest absolute Gasteiger partial charge is 0.444 e. The third-order valence-electron chi connectivity index (χ3n) is 6.39. The zero-order valence-electron chi connectivity index (χ0n) is 24.3. The van der Waals surface area contributed by atoms with Gasteiger partial charge in [-0.15, -0.1) is 0 Å². The van der Waals surface area contributed by atoms with E-state index in [1.54, 1.807) is 51.4 Å². The Labute approximate surface area is 255 Å². The molecule has 0 radical (unpaired) electrons. The van der Waals surface area contributed by atoms with Crippen LogP contribution in [-0.2, 0) is 31.6 Å². The maximum Gasteiger partial charge on any atom is 0.408 e. The second-order valence-corrected chi connectivity index (χ2v) is 12.7. The summed E-state index contributed by atoms with van der Waals surface area (Å²) in [5, 5.41) is 3.69. The predicted molar refractivity (Wildman–Crippen MR) is 161 cm³/mol. The minimum Gasteiger partial charge on any atom is -0.444 e. The number of hydrogen-bond acceptors (Lipinski definition) is 10. The molecule has 1 aromatic carbocycles. The van der Waals surface area contributed by atoms with Crippen molar-refractivity contribution in [3.8, 4) is 22.4 Å². The van der Waals surface area contributed by atoms with Crippen molar-refractivity contribution in [1.82, 2.24) is 29.8 Å². The predicted octanol–water partition coefficient (Wildman–Crippen LogP) is 3.88. The molecule has 5 rings (SSSR count). The molecule has 3 aromatic heterocycles. The van der Waals surface area contributed by atoms with Crippen molar-refractivity contribution in [3.63, 3.8) is 0 Å². The number of rotatable bonds is 6. The molecule has 0 spiro atoms. The summed E-state index contributed by atoms with van der Waals surface area (Å²) in [5.74, 6) is 0. The summed E-state index contributed by atoms with van der Waals surface area (Å²) in [4.78, 5) is 43.5. The van der Waals surface area contributed by atoms with Crippen LogP contribution in [0.15, 0.2) is 52.8 Å². The van der Waals surface area contributed by atoms with E-state index in [0.29, 0.717) is 27.2 Å². The molecule has 43 heavy (non-hydrogen) atoms. The first-order chi connectivity index (χ1) is 20.4. The van der Waals surface area contributed by atoms with Crippen LogP contribution in [0.25, 0.3) is 33.4 Å². The number of nitrogens with zero attached hydrogens (tertiary/aromatic N) is 5. The van der Waals surface area contributed by atoms with Gasteiger partial charge in [-0.05, 0) is 39.8 Å². The van der Waals surface area contributed by atoms with Gasteiger partial charge in [0.05, 0.1) is 54.2 Å². The lowest BCUT2D eigenvalue weighted by atomic mass is 10.0. The summed E-state index contributed by atoms with van der Waals surface area (Å²) >= 11 is 6.72. The molecule has 1 amide bonds. The van der Waals surface area contributed by atoms with Crippen LogP contribution >= 0.6 is 11.6 Å². The minimum absolute atomic E-state index is 0.0241. The van der Waals surface area contributed by atoms with Crippen LogP contribution in [0.1, 0.15) is 26.5 Å². The highest BCUT2D eigenvalue weighted by Crippen LogP contribution is 2.31. The number of pyridine rings is 1. The average Bonchev–Trinajstić information content (AvgIpc) is 2.94. The van der Waals surface area contributed by atoms with Crippen LogP contribution in [0.4, 0.5) is 4.79 Å². The first kappa shape index (κ1) is 30.7. The second kappa shape index (κ2) is 12.4. The molecule has 1 aliphatic heterocycles. The van der Waals surface area contributed by atoms with E-state index in [9.17, 15) is 13.8 Å². The summed E-state index contributed by atoms with van der Waals surface area (Å²) < 4.78 is 30.6. The standard InChI is InChI=1S/C29H31ClN6O6S/c1-16-10-31-12-23(33-16)17-6-7-20(22(30)9-17)21-8-18-11-32-27(43(5)39)35-25(18)36(26(21)37)13-24-40-14-19(15-41-24)34-28(38)42-29(2,3)4/h6-12,19,24H,13-15H2,1-5H3,(H,34,38). The lowest BCUT2D eigenvalue weighted by molar-refractivity contribution is -0.194. The molecule has 1 aliphatic rings. The number of amides is 1. The number of fused-ring (bicyclic) bond motifs is 1. The van der Waals surface area contributed by atoms with E-state index >= 15 is 0 Å².